The van der Waals surface area contributed by atoms with Gasteiger partial charge in [-0.2, -0.15) is 0 Å². The minimum Gasteiger partial charge on any atom is -0.478 e. The fourth-order valence-electron chi connectivity index (χ4n) is 1.41. The number of carbonyl (C=O) groups is 1. The van der Waals surface area contributed by atoms with Crippen molar-refractivity contribution in [3.8, 4) is 11.4 Å². The van der Waals surface area contributed by atoms with Crippen molar-refractivity contribution < 1.29 is 9.90 Å². The maximum atomic E-state index is 10.6. The molecule has 0 saturated carbocycles. The molecular formula is C11H10N2O2. The highest BCUT2D eigenvalue weighted by atomic mass is 16.4. The van der Waals surface area contributed by atoms with Gasteiger partial charge in [0.05, 0.1) is 5.56 Å². The number of hydrogen-bond acceptors (Lipinski definition) is 2. The van der Waals surface area contributed by atoms with Crippen LogP contribution in [0.3, 0.4) is 0 Å². The van der Waals surface area contributed by atoms with E-state index in [0.717, 1.165) is 11.4 Å². The summed E-state index contributed by atoms with van der Waals surface area (Å²) < 4.78 is 1.88. The Labute approximate surface area is 86.8 Å². The number of rotatable bonds is 2. The largest absolute Gasteiger partial charge is 0.478 e. The van der Waals surface area contributed by atoms with E-state index in [1.165, 1.54) is 0 Å². The fourth-order valence-corrected chi connectivity index (χ4v) is 1.41. The Hall–Kier alpha value is -2.10. The highest BCUT2D eigenvalue weighted by molar-refractivity contribution is 5.88. The molecule has 0 saturated heterocycles. The average Bonchev–Trinajstić information content (AvgIpc) is 2.65. The van der Waals surface area contributed by atoms with Crippen molar-refractivity contribution in [2.24, 2.45) is 7.05 Å². The summed E-state index contributed by atoms with van der Waals surface area (Å²) in [5.74, 6) is -0.0895. The lowest BCUT2D eigenvalue weighted by atomic mass is 10.1. The molecule has 76 valence electrons. The number of aryl methyl sites for hydroxylation is 1. The summed E-state index contributed by atoms with van der Waals surface area (Å²) >= 11 is 0. The number of imidazole rings is 1. The molecule has 4 nitrogen and oxygen atoms in total. The summed E-state index contributed by atoms with van der Waals surface area (Å²) in [6, 6.07) is 6.66. The van der Waals surface area contributed by atoms with Crippen LogP contribution in [0.25, 0.3) is 11.4 Å². The molecular weight excluding hydrogens is 192 g/mol. The Balaban J connectivity index is 2.40. The van der Waals surface area contributed by atoms with E-state index < -0.39 is 5.97 Å². The lowest BCUT2D eigenvalue weighted by Gasteiger charge is -2.01. The van der Waals surface area contributed by atoms with E-state index >= 15 is 0 Å². The van der Waals surface area contributed by atoms with Crippen molar-refractivity contribution in [1.29, 1.82) is 0 Å². The van der Waals surface area contributed by atoms with Gasteiger partial charge < -0.3 is 9.67 Å². The molecule has 1 aromatic carbocycles. The van der Waals surface area contributed by atoms with Gasteiger partial charge >= 0.3 is 5.97 Å². The molecule has 0 fully saturated rings. The number of benzene rings is 1. The van der Waals surface area contributed by atoms with E-state index in [4.69, 9.17) is 5.11 Å². The second-order valence-electron chi connectivity index (χ2n) is 3.24. The van der Waals surface area contributed by atoms with Crippen molar-refractivity contribution in [3.63, 3.8) is 0 Å². The number of hydrogen-bond donors (Lipinski definition) is 1. The Morgan fingerprint density at radius 2 is 2.00 bits per heavy atom. The number of nitrogens with zero attached hydrogens (tertiary/aromatic N) is 2. The van der Waals surface area contributed by atoms with E-state index in [-0.39, 0.29) is 5.56 Å². The SMILES string of the molecule is Cn1ccnc1-c1ccc(C(=O)O)cc1. The molecule has 0 spiro atoms. The molecule has 0 bridgehead atoms. The molecule has 1 aromatic heterocycles. The molecule has 0 atom stereocenters. The monoisotopic (exact) mass is 202 g/mol. The van der Waals surface area contributed by atoms with Crippen LogP contribution in [0.2, 0.25) is 0 Å². The topological polar surface area (TPSA) is 55.1 Å². The van der Waals surface area contributed by atoms with Gasteiger partial charge in [0.2, 0.25) is 0 Å². The van der Waals surface area contributed by atoms with Gasteiger partial charge in [-0.3, -0.25) is 0 Å². The van der Waals surface area contributed by atoms with Gasteiger partial charge in [-0.25, -0.2) is 9.78 Å². The first-order chi connectivity index (χ1) is 7.18. The van der Waals surface area contributed by atoms with Crippen molar-refractivity contribution in [2.75, 3.05) is 0 Å². The minimum absolute atomic E-state index is 0.285. The highest BCUT2D eigenvalue weighted by Gasteiger charge is 2.05. The summed E-state index contributed by atoms with van der Waals surface area (Å²) in [5.41, 5.74) is 1.19. The van der Waals surface area contributed by atoms with Crippen LogP contribution in [-0.2, 0) is 7.05 Å². The Bertz CT molecular complexity index is 486. The lowest BCUT2D eigenvalue weighted by Crippen LogP contribution is -1.96. The summed E-state index contributed by atoms with van der Waals surface area (Å²) in [6.07, 6.45) is 3.56. The quantitative estimate of drug-likeness (QED) is 0.807. The van der Waals surface area contributed by atoms with Gasteiger partial charge in [0.25, 0.3) is 0 Å². The van der Waals surface area contributed by atoms with E-state index in [2.05, 4.69) is 4.98 Å². The van der Waals surface area contributed by atoms with E-state index in [0.29, 0.717) is 0 Å². The first kappa shape index (κ1) is 9.45. The van der Waals surface area contributed by atoms with E-state index in [1.807, 2.05) is 17.8 Å². The molecule has 0 unspecified atom stereocenters. The second kappa shape index (κ2) is 3.57. The van der Waals surface area contributed by atoms with Crippen LogP contribution < -0.4 is 0 Å². The van der Waals surface area contributed by atoms with Crippen LogP contribution in [0, 0.1) is 0 Å². The molecule has 0 radical (unpaired) electrons. The zero-order valence-electron chi connectivity index (χ0n) is 8.21. The minimum atomic E-state index is -0.915. The molecule has 4 heteroatoms. The van der Waals surface area contributed by atoms with Gasteiger partial charge in [0, 0.05) is 25.0 Å². The third kappa shape index (κ3) is 1.74. The Morgan fingerprint density at radius 1 is 1.33 bits per heavy atom. The molecule has 2 aromatic rings. The predicted molar refractivity (Wildman–Crippen MR) is 55.6 cm³/mol. The zero-order valence-corrected chi connectivity index (χ0v) is 8.21. The van der Waals surface area contributed by atoms with Gasteiger partial charge in [0.1, 0.15) is 5.82 Å². The summed E-state index contributed by atoms with van der Waals surface area (Å²) in [4.78, 5) is 14.8. The van der Waals surface area contributed by atoms with E-state index in [1.54, 1.807) is 30.5 Å². The van der Waals surface area contributed by atoms with Gasteiger partial charge in [-0.15, -0.1) is 0 Å². The van der Waals surface area contributed by atoms with E-state index in [9.17, 15) is 4.79 Å². The summed E-state index contributed by atoms with van der Waals surface area (Å²) in [6.45, 7) is 0. The Morgan fingerprint density at radius 3 is 2.47 bits per heavy atom. The van der Waals surface area contributed by atoms with Crippen LogP contribution in [0.5, 0.6) is 0 Å². The molecule has 1 N–H and O–H groups in total. The average molecular weight is 202 g/mol. The second-order valence-corrected chi connectivity index (χ2v) is 3.24. The fraction of sp³-hybridized carbons (Fsp3) is 0.0909. The van der Waals surface area contributed by atoms with Crippen LogP contribution in [0.4, 0.5) is 0 Å². The maximum absolute atomic E-state index is 10.6. The zero-order chi connectivity index (χ0) is 10.8. The molecule has 15 heavy (non-hydrogen) atoms. The van der Waals surface area contributed by atoms with Gasteiger partial charge in [-0.05, 0) is 12.1 Å². The van der Waals surface area contributed by atoms with Crippen LogP contribution in [0.15, 0.2) is 36.7 Å². The first-order valence-electron chi connectivity index (χ1n) is 4.49. The number of carboxylic acids is 1. The number of aromatic nitrogens is 2. The number of aromatic carboxylic acids is 1. The highest BCUT2D eigenvalue weighted by Crippen LogP contribution is 2.16. The molecule has 0 aliphatic carbocycles. The van der Waals surface area contributed by atoms with Crippen LogP contribution in [0.1, 0.15) is 10.4 Å². The third-order valence-electron chi connectivity index (χ3n) is 2.21. The van der Waals surface area contributed by atoms with Crippen molar-refractivity contribution in [2.45, 2.75) is 0 Å². The third-order valence-corrected chi connectivity index (χ3v) is 2.21. The lowest BCUT2D eigenvalue weighted by molar-refractivity contribution is 0.0697. The van der Waals surface area contributed by atoms with Crippen molar-refractivity contribution in [3.05, 3.63) is 42.2 Å². The smallest absolute Gasteiger partial charge is 0.335 e. The molecule has 0 amide bonds. The molecule has 1 heterocycles. The van der Waals surface area contributed by atoms with Gasteiger partial charge in [-0.1, -0.05) is 12.1 Å². The normalized spacial score (nSPS) is 10.2. The maximum Gasteiger partial charge on any atom is 0.335 e. The molecule has 2 rings (SSSR count). The molecule has 0 aliphatic heterocycles. The number of carboxylic acid groups (broad SMARTS) is 1. The van der Waals surface area contributed by atoms with Gasteiger partial charge in [0.15, 0.2) is 0 Å². The van der Waals surface area contributed by atoms with Crippen LogP contribution >= 0.6 is 0 Å². The Kier molecular flexibility index (Phi) is 2.25. The van der Waals surface area contributed by atoms with Crippen molar-refractivity contribution in [1.82, 2.24) is 9.55 Å². The molecule has 0 aliphatic rings. The van der Waals surface area contributed by atoms with Crippen LogP contribution in [-0.4, -0.2) is 20.6 Å². The summed E-state index contributed by atoms with van der Waals surface area (Å²) in [5, 5.41) is 8.74. The van der Waals surface area contributed by atoms with Crippen molar-refractivity contribution >= 4 is 5.97 Å². The predicted octanol–water partition coefficient (Wildman–Crippen LogP) is 1.79. The standard InChI is InChI=1S/C11H10N2O2/c1-13-7-6-12-10(13)8-2-4-9(5-3-8)11(14)15/h2-7H,1H3,(H,14,15). The first-order valence-corrected chi connectivity index (χ1v) is 4.49. The summed E-state index contributed by atoms with van der Waals surface area (Å²) in [7, 11) is 1.90.